The van der Waals surface area contributed by atoms with Crippen molar-refractivity contribution in [3.8, 4) is 22.3 Å². The average Bonchev–Trinajstić information content (AvgIpc) is 2.92. The molecule has 0 radical (unpaired) electrons. The molecule has 158 valence electrons. The summed E-state index contributed by atoms with van der Waals surface area (Å²) in [6.45, 7) is 0. The highest BCUT2D eigenvalue weighted by Gasteiger charge is 2.07. The predicted molar refractivity (Wildman–Crippen MR) is 143 cm³/mol. The summed E-state index contributed by atoms with van der Waals surface area (Å²) >= 11 is 0. The number of aromatic nitrogens is 2. The Morgan fingerprint density at radius 1 is 0.353 bits per heavy atom. The van der Waals surface area contributed by atoms with Crippen molar-refractivity contribution in [3.05, 3.63) is 122 Å². The fourth-order valence-corrected chi connectivity index (χ4v) is 5.04. The molecule has 0 aliphatic carbocycles. The standard InChI is InChI=1S/C32H20N2/c1-2-23(25-8-4-21-6-10-27-19-33-14-12-29(27)31(21)17-25)16-24(3-1)26-9-5-22-7-11-28-20-34-15-13-30(28)32(22)18-26/h1-20H. The van der Waals surface area contributed by atoms with Crippen LogP contribution in [0.25, 0.3) is 65.3 Å². The second kappa shape index (κ2) is 7.50. The molecule has 0 unspecified atom stereocenters. The SMILES string of the molecule is c1cc(-c2ccc3ccc4cnccc4c3c2)cc(-c2ccc3ccc4cnccc4c3c2)c1. The van der Waals surface area contributed by atoms with E-state index in [9.17, 15) is 0 Å². The Labute approximate surface area is 197 Å². The van der Waals surface area contributed by atoms with Crippen LogP contribution in [0.15, 0.2) is 122 Å². The van der Waals surface area contributed by atoms with Crippen LogP contribution in [0.3, 0.4) is 0 Å². The highest BCUT2D eigenvalue weighted by Crippen LogP contribution is 2.33. The summed E-state index contributed by atoms with van der Waals surface area (Å²) in [5.74, 6) is 0. The Balaban J connectivity index is 1.38. The van der Waals surface area contributed by atoms with Crippen molar-refractivity contribution in [3.63, 3.8) is 0 Å². The second-order valence-electron chi connectivity index (χ2n) is 8.78. The molecule has 0 bridgehead atoms. The first-order valence-corrected chi connectivity index (χ1v) is 11.5. The van der Waals surface area contributed by atoms with Gasteiger partial charge in [-0.15, -0.1) is 0 Å². The molecular formula is C32H20N2. The maximum absolute atomic E-state index is 4.28. The van der Waals surface area contributed by atoms with Gasteiger partial charge in [0.25, 0.3) is 0 Å². The number of hydrogen-bond donors (Lipinski definition) is 0. The first-order chi connectivity index (χ1) is 16.8. The zero-order valence-electron chi connectivity index (χ0n) is 18.4. The van der Waals surface area contributed by atoms with Gasteiger partial charge in [0.05, 0.1) is 0 Å². The summed E-state index contributed by atoms with van der Waals surface area (Å²) in [5.41, 5.74) is 4.87. The minimum absolute atomic E-state index is 1.17. The van der Waals surface area contributed by atoms with Crippen molar-refractivity contribution in [1.29, 1.82) is 0 Å². The fourth-order valence-electron chi connectivity index (χ4n) is 5.04. The van der Waals surface area contributed by atoms with Gasteiger partial charge in [0.15, 0.2) is 0 Å². The van der Waals surface area contributed by atoms with Gasteiger partial charge < -0.3 is 0 Å². The van der Waals surface area contributed by atoms with Crippen molar-refractivity contribution in [1.82, 2.24) is 9.97 Å². The van der Waals surface area contributed by atoms with Crippen molar-refractivity contribution >= 4 is 43.1 Å². The topological polar surface area (TPSA) is 25.8 Å². The highest BCUT2D eigenvalue weighted by atomic mass is 14.6. The molecule has 2 aromatic heterocycles. The van der Waals surface area contributed by atoms with Crippen molar-refractivity contribution in [2.24, 2.45) is 0 Å². The molecule has 34 heavy (non-hydrogen) atoms. The Bertz CT molecular complexity index is 1730. The molecule has 0 aliphatic heterocycles. The minimum Gasteiger partial charge on any atom is -0.264 e. The molecule has 0 saturated carbocycles. The molecule has 2 nitrogen and oxygen atoms in total. The van der Waals surface area contributed by atoms with Crippen LogP contribution in [0.4, 0.5) is 0 Å². The van der Waals surface area contributed by atoms with E-state index in [0.717, 1.165) is 0 Å². The Morgan fingerprint density at radius 3 is 1.32 bits per heavy atom. The normalized spacial score (nSPS) is 11.5. The van der Waals surface area contributed by atoms with Gasteiger partial charge in [-0.05, 0) is 84.9 Å². The zero-order chi connectivity index (χ0) is 22.5. The lowest BCUT2D eigenvalue weighted by Gasteiger charge is -2.10. The van der Waals surface area contributed by atoms with Gasteiger partial charge in [-0.25, -0.2) is 0 Å². The van der Waals surface area contributed by atoms with Crippen LogP contribution in [-0.4, -0.2) is 9.97 Å². The van der Waals surface area contributed by atoms with E-state index in [1.165, 1.54) is 65.3 Å². The minimum atomic E-state index is 1.17. The maximum Gasteiger partial charge on any atom is 0.0346 e. The number of rotatable bonds is 2. The lowest BCUT2D eigenvalue weighted by molar-refractivity contribution is 1.37. The Hall–Kier alpha value is -4.56. The molecule has 0 fully saturated rings. The van der Waals surface area contributed by atoms with Crippen LogP contribution in [-0.2, 0) is 0 Å². The van der Waals surface area contributed by atoms with Crippen molar-refractivity contribution < 1.29 is 0 Å². The third kappa shape index (κ3) is 3.04. The summed E-state index contributed by atoms with van der Waals surface area (Å²) in [5, 5.41) is 9.81. The molecule has 0 aliphatic rings. The van der Waals surface area contributed by atoms with E-state index in [0.29, 0.717) is 0 Å². The summed E-state index contributed by atoms with van der Waals surface area (Å²) in [4.78, 5) is 8.56. The first-order valence-electron chi connectivity index (χ1n) is 11.5. The fraction of sp³-hybridized carbons (Fsp3) is 0. The van der Waals surface area contributed by atoms with Gasteiger partial charge in [-0.3, -0.25) is 9.97 Å². The van der Waals surface area contributed by atoms with E-state index in [1.54, 1.807) is 0 Å². The third-order valence-electron chi connectivity index (χ3n) is 6.80. The summed E-state index contributed by atoms with van der Waals surface area (Å²) in [6, 6.07) is 35.2. The van der Waals surface area contributed by atoms with E-state index < -0.39 is 0 Å². The van der Waals surface area contributed by atoms with Crippen LogP contribution in [0.1, 0.15) is 0 Å². The van der Waals surface area contributed by atoms with Gasteiger partial charge in [0, 0.05) is 35.6 Å². The van der Waals surface area contributed by atoms with Gasteiger partial charge in [-0.1, -0.05) is 66.7 Å². The molecular weight excluding hydrogens is 412 g/mol. The van der Waals surface area contributed by atoms with Crippen molar-refractivity contribution in [2.75, 3.05) is 0 Å². The molecule has 7 rings (SSSR count). The summed E-state index contributed by atoms with van der Waals surface area (Å²) < 4.78 is 0. The smallest absolute Gasteiger partial charge is 0.0346 e. The van der Waals surface area contributed by atoms with Gasteiger partial charge in [-0.2, -0.15) is 0 Å². The van der Waals surface area contributed by atoms with Crippen LogP contribution < -0.4 is 0 Å². The predicted octanol–water partition coefficient (Wildman–Crippen LogP) is 8.42. The molecule has 0 N–H and O–H groups in total. The van der Waals surface area contributed by atoms with Crippen LogP contribution in [0.2, 0.25) is 0 Å². The van der Waals surface area contributed by atoms with E-state index in [4.69, 9.17) is 0 Å². The number of hydrogen-bond acceptors (Lipinski definition) is 2. The van der Waals surface area contributed by atoms with E-state index in [1.807, 2.05) is 24.8 Å². The van der Waals surface area contributed by atoms with Crippen LogP contribution in [0.5, 0.6) is 0 Å². The molecule has 2 heterocycles. The molecule has 2 heteroatoms. The number of benzene rings is 5. The van der Waals surface area contributed by atoms with E-state index >= 15 is 0 Å². The largest absolute Gasteiger partial charge is 0.264 e. The second-order valence-corrected chi connectivity index (χ2v) is 8.78. The zero-order valence-corrected chi connectivity index (χ0v) is 18.4. The highest BCUT2D eigenvalue weighted by molar-refractivity contribution is 6.09. The molecule has 0 saturated heterocycles. The van der Waals surface area contributed by atoms with Gasteiger partial charge >= 0.3 is 0 Å². The number of nitrogens with zero attached hydrogens (tertiary/aromatic N) is 2. The lowest BCUT2D eigenvalue weighted by Crippen LogP contribution is -1.85. The van der Waals surface area contributed by atoms with Crippen LogP contribution >= 0.6 is 0 Å². The third-order valence-corrected chi connectivity index (χ3v) is 6.80. The summed E-state index contributed by atoms with van der Waals surface area (Å²) in [7, 11) is 0. The average molecular weight is 433 g/mol. The Morgan fingerprint density at radius 2 is 0.794 bits per heavy atom. The quantitative estimate of drug-likeness (QED) is 0.256. The first kappa shape index (κ1) is 19.0. The monoisotopic (exact) mass is 432 g/mol. The molecule has 0 amide bonds. The number of fused-ring (bicyclic) bond motifs is 6. The maximum atomic E-state index is 4.28. The molecule has 0 spiro atoms. The lowest BCUT2D eigenvalue weighted by atomic mass is 9.94. The van der Waals surface area contributed by atoms with Gasteiger partial charge in [0.1, 0.15) is 0 Å². The van der Waals surface area contributed by atoms with Crippen LogP contribution in [0, 0.1) is 0 Å². The van der Waals surface area contributed by atoms with Gasteiger partial charge in [0.2, 0.25) is 0 Å². The van der Waals surface area contributed by atoms with E-state index in [2.05, 4.69) is 107 Å². The van der Waals surface area contributed by atoms with E-state index in [-0.39, 0.29) is 0 Å². The molecule has 0 atom stereocenters. The van der Waals surface area contributed by atoms with Crippen molar-refractivity contribution in [2.45, 2.75) is 0 Å². The summed E-state index contributed by atoms with van der Waals surface area (Å²) in [6.07, 6.45) is 7.60. The Kier molecular flexibility index (Phi) is 4.18. The number of pyridine rings is 2. The molecule has 7 aromatic rings. The molecule has 5 aromatic carbocycles.